The SMILES string of the molecule is COC(=O)C[C@@H]1COc2cc(OCc3cc(C(F)(F)F)cc4c3OCO4)ccc21. The molecule has 1 atom stereocenters. The van der Waals surface area contributed by atoms with Gasteiger partial charge in [0.1, 0.15) is 18.1 Å². The number of ether oxygens (including phenoxy) is 5. The molecule has 0 N–H and O–H groups in total. The Morgan fingerprint density at radius 3 is 2.72 bits per heavy atom. The first-order valence-corrected chi connectivity index (χ1v) is 8.81. The van der Waals surface area contributed by atoms with Crippen molar-refractivity contribution in [1.29, 1.82) is 0 Å². The van der Waals surface area contributed by atoms with Gasteiger partial charge in [0.15, 0.2) is 11.5 Å². The van der Waals surface area contributed by atoms with Crippen molar-refractivity contribution in [3.63, 3.8) is 0 Å². The van der Waals surface area contributed by atoms with E-state index in [2.05, 4.69) is 4.74 Å². The summed E-state index contributed by atoms with van der Waals surface area (Å²) in [5.41, 5.74) is 0.264. The van der Waals surface area contributed by atoms with Crippen molar-refractivity contribution in [3.05, 3.63) is 47.0 Å². The fraction of sp³-hybridized carbons (Fsp3) is 0.350. The normalized spacial score (nSPS) is 16.9. The number of carbonyl (C=O) groups is 1. The monoisotopic (exact) mass is 410 g/mol. The van der Waals surface area contributed by atoms with Gasteiger partial charge in [-0.15, -0.1) is 0 Å². The van der Waals surface area contributed by atoms with Crippen LogP contribution >= 0.6 is 0 Å². The number of carbonyl (C=O) groups excluding carboxylic acids is 1. The van der Waals surface area contributed by atoms with E-state index in [0.717, 1.165) is 17.7 Å². The van der Waals surface area contributed by atoms with Gasteiger partial charge in [-0.2, -0.15) is 13.2 Å². The van der Waals surface area contributed by atoms with Crippen molar-refractivity contribution in [2.75, 3.05) is 20.5 Å². The minimum absolute atomic E-state index is 0.0429. The van der Waals surface area contributed by atoms with E-state index >= 15 is 0 Å². The molecule has 6 nitrogen and oxygen atoms in total. The molecule has 2 aliphatic rings. The lowest BCUT2D eigenvalue weighted by Gasteiger charge is -2.13. The van der Waals surface area contributed by atoms with Crippen molar-refractivity contribution in [3.8, 4) is 23.0 Å². The second-order valence-corrected chi connectivity index (χ2v) is 6.64. The van der Waals surface area contributed by atoms with Crippen molar-refractivity contribution in [2.24, 2.45) is 0 Å². The summed E-state index contributed by atoms with van der Waals surface area (Å²) in [6.07, 6.45) is -4.30. The highest BCUT2D eigenvalue weighted by Gasteiger charge is 2.34. The molecular formula is C20H17F3O6. The van der Waals surface area contributed by atoms with Gasteiger partial charge in [-0.05, 0) is 18.2 Å². The van der Waals surface area contributed by atoms with Gasteiger partial charge in [0.05, 0.1) is 25.7 Å². The third-order valence-corrected chi connectivity index (χ3v) is 4.78. The highest BCUT2D eigenvalue weighted by Crippen LogP contribution is 2.42. The summed E-state index contributed by atoms with van der Waals surface area (Å²) in [4.78, 5) is 11.5. The van der Waals surface area contributed by atoms with Gasteiger partial charge in [-0.1, -0.05) is 6.07 Å². The largest absolute Gasteiger partial charge is 0.492 e. The standard InChI is InChI=1S/C20H17F3O6/c1-25-18(24)5-11-8-27-16-7-14(2-3-15(11)16)26-9-12-4-13(20(21,22)23)6-17-19(12)29-10-28-17/h2-4,6-7,11H,5,8-10H2,1H3/t11-/m1/s1. The Hall–Kier alpha value is -3.10. The Morgan fingerprint density at radius 2 is 1.97 bits per heavy atom. The fourth-order valence-corrected chi connectivity index (χ4v) is 3.32. The van der Waals surface area contributed by atoms with Crippen LogP contribution in [0.2, 0.25) is 0 Å². The predicted octanol–water partition coefficient (Wildman–Crippen LogP) is 4.05. The van der Waals surface area contributed by atoms with Gasteiger partial charge in [0.25, 0.3) is 0 Å². The molecule has 0 bridgehead atoms. The lowest BCUT2D eigenvalue weighted by molar-refractivity contribution is -0.141. The van der Waals surface area contributed by atoms with Crippen LogP contribution < -0.4 is 18.9 Å². The van der Waals surface area contributed by atoms with Crippen LogP contribution in [0.5, 0.6) is 23.0 Å². The van der Waals surface area contributed by atoms with Gasteiger partial charge in [0, 0.05) is 23.1 Å². The first-order valence-electron chi connectivity index (χ1n) is 8.81. The van der Waals surface area contributed by atoms with E-state index in [4.69, 9.17) is 18.9 Å². The quantitative estimate of drug-likeness (QED) is 0.693. The minimum atomic E-state index is -4.51. The molecule has 4 rings (SSSR count). The number of alkyl halides is 3. The number of halogens is 3. The molecular weight excluding hydrogens is 393 g/mol. The maximum atomic E-state index is 13.1. The smallest absolute Gasteiger partial charge is 0.416 e. The van der Waals surface area contributed by atoms with Crippen LogP contribution in [-0.2, 0) is 22.3 Å². The Labute approximate surface area is 164 Å². The molecule has 154 valence electrons. The number of fused-ring (bicyclic) bond motifs is 2. The second-order valence-electron chi connectivity index (χ2n) is 6.64. The average Bonchev–Trinajstić information content (AvgIpc) is 3.32. The van der Waals surface area contributed by atoms with Gasteiger partial charge in [-0.25, -0.2) is 0 Å². The van der Waals surface area contributed by atoms with E-state index in [9.17, 15) is 18.0 Å². The number of rotatable bonds is 5. The number of hydrogen-bond acceptors (Lipinski definition) is 6. The van der Waals surface area contributed by atoms with Gasteiger partial charge < -0.3 is 23.7 Å². The van der Waals surface area contributed by atoms with E-state index < -0.39 is 11.7 Å². The summed E-state index contributed by atoms with van der Waals surface area (Å²) < 4.78 is 65.7. The van der Waals surface area contributed by atoms with Crippen LogP contribution in [0.25, 0.3) is 0 Å². The van der Waals surface area contributed by atoms with Crippen LogP contribution in [0.3, 0.4) is 0 Å². The van der Waals surface area contributed by atoms with Crippen LogP contribution in [0.15, 0.2) is 30.3 Å². The molecule has 0 aliphatic carbocycles. The summed E-state index contributed by atoms with van der Waals surface area (Å²) in [6.45, 7) is 0.0676. The van der Waals surface area contributed by atoms with Gasteiger partial charge in [-0.3, -0.25) is 4.79 Å². The second kappa shape index (κ2) is 7.38. The van der Waals surface area contributed by atoms with Crippen molar-refractivity contribution in [1.82, 2.24) is 0 Å². The molecule has 0 fully saturated rings. The summed E-state index contributed by atoms with van der Waals surface area (Å²) in [5.74, 6) is 0.851. The molecule has 2 heterocycles. The van der Waals surface area contributed by atoms with Gasteiger partial charge in [0.2, 0.25) is 6.79 Å². The molecule has 2 aromatic carbocycles. The number of benzene rings is 2. The molecule has 0 amide bonds. The molecule has 0 saturated carbocycles. The summed E-state index contributed by atoms with van der Waals surface area (Å²) >= 11 is 0. The lowest BCUT2D eigenvalue weighted by Crippen LogP contribution is -2.09. The molecule has 9 heteroatoms. The molecule has 2 aliphatic heterocycles. The van der Waals surface area contributed by atoms with Crippen LogP contribution in [0, 0.1) is 0 Å². The van der Waals surface area contributed by atoms with Gasteiger partial charge >= 0.3 is 12.1 Å². The zero-order valence-corrected chi connectivity index (χ0v) is 15.4. The maximum Gasteiger partial charge on any atom is 0.416 e. The Kier molecular flexibility index (Phi) is 4.89. The first-order chi connectivity index (χ1) is 13.8. The predicted molar refractivity (Wildman–Crippen MR) is 93.2 cm³/mol. The van der Waals surface area contributed by atoms with E-state index in [1.807, 2.05) is 0 Å². The highest BCUT2D eigenvalue weighted by molar-refractivity contribution is 5.71. The van der Waals surface area contributed by atoms with Crippen molar-refractivity contribution < 1.29 is 41.7 Å². The fourth-order valence-electron chi connectivity index (χ4n) is 3.32. The Morgan fingerprint density at radius 1 is 1.14 bits per heavy atom. The van der Waals surface area contributed by atoms with Crippen LogP contribution in [-0.4, -0.2) is 26.5 Å². The minimum Gasteiger partial charge on any atom is -0.492 e. The first kappa shape index (κ1) is 19.2. The third kappa shape index (κ3) is 3.90. The number of hydrogen-bond donors (Lipinski definition) is 0. The molecule has 29 heavy (non-hydrogen) atoms. The van der Waals surface area contributed by atoms with Crippen molar-refractivity contribution in [2.45, 2.75) is 25.1 Å². The topological polar surface area (TPSA) is 63.2 Å². The summed E-state index contributed by atoms with van der Waals surface area (Å²) in [6, 6.07) is 7.02. The molecule has 0 saturated heterocycles. The molecule has 0 aromatic heterocycles. The highest BCUT2D eigenvalue weighted by atomic mass is 19.4. The molecule has 0 spiro atoms. The summed E-state index contributed by atoms with van der Waals surface area (Å²) in [7, 11) is 1.33. The maximum absolute atomic E-state index is 13.1. The van der Waals surface area contributed by atoms with Crippen LogP contribution in [0.4, 0.5) is 13.2 Å². The van der Waals surface area contributed by atoms with E-state index in [0.29, 0.717) is 18.1 Å². The number of methoxy groups -OCH3 is 1. The summed E-state index contributed by atoms with van der Waals surface area (Å²) in [5, 5.41) is 0. The zero-order valence-electron chi connectivity index (χ0n) is 15.4. The van der Waals surface area contributed by atoms with E-state index in [-0.39, 0.29) is 48.8 Å². The van der Waals surface area contributed by atoms with E-state index in [1.54, 1.807) is 18.2 Å². The molecule has 2 aromatic rings. The average molecular weight is 410 g/mol. The zero-order chi connectivity index (χ0) is 20.6. The van der Waals surface area contributed by atoms with Crippen molar-refractivity contribution >= 4 is 5.97 Å². The third-order valence-electron chi connectivity index (χ3n) is 4.78. The molecule has 0 radical (unpaired) electrons. The van der Waals surface area contributed by atoms with Crippen LogP contribution in [0.1, 0.15) is 29.0 Å². The Balaban J connectivity index is 1.51. The lowest BCUT2D eigenvalue weighted by atomic mass is 9.98. The molecule has 0 unspecified atom stereocenters. The van der Waals surface area contributed by atoms with E-state index in [1.165, 1.54) is 7.11 Å². The number of esters is 1. The Bertz CT molecular complexity index is 941.